The molecule has 188 valence electrons. The Hall–Kier alpha value is -3.41. The first-order valence-corrected chi connectivity index (χ1v) is 13.2. The fraction of sp³-hybridized carbons (Fsp3) is 0.433. The third-order valence-corrected chi connectivity index (χ3v) is 7.81. The van der Waals surface area contributed by atoms with E-state index >= 15 is 0 Å². The number of amides is 2. The van der Waals surface area contributed by atoms with E-state index in [0.717, 1.165) is 48.2 Å². The summed E-state index contributed by atoms with van der Waals surface area (Å²) in [6.07, 6.45) is 5.46. The van der Waals surface area contributed by atoms with E-state index in [2.05, 4.69) is 43.4 Å². The van der Waals surface area contributed by atoms with Gasteiger partial charge in [0, 0.05) is 17.3 Å². The van der Waals surface area contributed by atoms with Gasteiger partial charge in [0.25, 0.3) is 5.91 Å². The second-order valence-corrected chi connectivity index (χ2v) is 10.9. The van der Waals surface area contributed by atoms with E-state index < -0.39 is 5.54 Å². The fourth-order valence-electron chi connectivity index (χ4n) is 5.54. The highest BCUT2D eigenvalue weighted by Crippen LogP contribution is 2.36. The van der Waals surface area contributed by atoms with Gasteiger partial charge in [-0.05, 0) is 55.9 Å². The van der Waals surface area contributed by atoms with Crippen LogP contribution in [0.2, 0.25) is 0 Å². The number of hydrogen-bond acceptors (Lipinski definition) is 3. The summed E-state index contributed by atoms with van der Waals surface area (Å²) in [5.41, 5.74) is 4.10. The number of rotatable bonds is 5. The second-order valence-electron chi connectivity index (χ2n) is 10.9. The highest BCUT2D eigenvalue weighted by Gasteiger charge is 2.49. The summed E-state index contributed by atoms with van der Waals surface area (Å²) in [4.78, 5) is 29.6. The fourth-order valence-corrected chi connectivity index (χ4v) is 5.54. The molecule has 2 aromatic carbocycles. The molecule has 0 bridgehead atoms. The zero-order valence-corrected chi connectivity index (χ0v) is 21.8. The largest absolute Gasteiger partial charge is 0.351 e. The molecule has 0 saturated heterocycles. The lowest BCUT2D eigenvalue weighted by molar-refractivity contribution is -0.127. The molecule has 1 saturated carbocycles. The summed E-state index contributed by atoms with van der Waals surface area (Å²) in [6.45, 7) is 8.49. The maximum atomic E-state index is 14.1. The number of aromatic nitrogens is 2. The van der Waals surface area contributed by atoms with Crippen molar-refractivity contribution in [1.29, 1.82) is 0 Å². The van der Waals surface area contributed by atoms with Crippen LogP contribution in [-0.4, -0.2) is 33.2 Å². The summed E-state index contributed by atoms with van der Waals surface area (Å²) in [7, 11) is 0. The van der Waals surface area contributed by atoms with Crippen LogP contribution in [0.4, 0.5) is 5.69 Å². The van der Waals surface area contributed by atoms with Crippen molar-refractivity contribution in [2.45, 2.75) is 83.8 Å². The Kier molecular flexibility index (Phi) is 6.45. The molecule has 36 heavy (non-hydrogen) atoms. The zero-order chi connectivity index (χ0) is 25.4. The molecule has 1 aliphatic carbocycles. The van der Waals surface area contributed by atoms with E-state index in [1.165, 1.54) is 12.0 Å². The summed E-state index contributed by atoms with van der Waals surface area (Å²) in [6, 6.07) is 18.1. The number of hydrogen-bond donors (Lipinski definition) is 1. The van der Waals surface area contributed by atoms with E-state index in [1.807, 2.05) is 44.2 Å². The Labute approximate surface area is 213 Å². The first-order valence-electron chi connectivity index (χ1n) is 13.2. The van der Waals surface area contributed by atoms with Crippen molar-refractivity contribution in [3.8, 4) is 11.3 Å². The molecule has 1 fully saturated rings. The molecule has 0 radical (unpaired) electrons. The Balaban J connectivity index is 1.55. The van der Waals surface area contributed by atoms with Gasteiger partial charge in [-0.2, -0.15) is 5.10 Å². The van der Waals surface area contributed by atoms with Crippen LogP contribution in [-0.2, 0) is 11.3 Å². The molecule has 6 nitrogen and oxygen atoms in total. The minimum atomic E-state index is -1.10. The quantitative estimate of drug-likeness (QED) is 0.494. The summed E-state index contributed by atoms with van der Waals surface area (Å²) >= 11 is 0. The molecule has 2 amide bonds. The van der Waals surface area contributed by atoms with Crippen molar-refractivity contribution in [2.75, 3.05) is 4.90 Å². The molecule has 2 heterocycles. The number of fused-ring (bicyclic) bond motifs is 1. The van der Waals surface area contributed by atoms with Crippen LogP contribution in [0.3, 0.4) is 0 Å². The van der Waals surface area contributed by atoms with Crippen molar-refractivity contribution in [3.63, 3.8) is 0 Å². The molecule has 5 rings (SSSR count). The van der Waals surface area contributed by atoms with Gasteiger partial charge in [-0.25, -0.2) is 0 Å². The van der Waals surface area contributed by atoms with E-state index in [9.17, 15) is 9.59 Å². The number of aryl methyl sites for hydroxylation is 1. The average molecular weight is 485 g/mol. The van der Waals surface area contributed by atoms with Crippen molar-refractivity contribution in [3.05, 3.63) is 71.4 Å². The highest BCUT2D eigenvalue weighted by atomic mass is 16.2. The molecular weight excluding hydrogens is 448 g/mol. The van der Waals surface area contributed by atoms with Gasteiger partial charge in [0.2, 0.25) is 5.91 Å². The van der Waals surface area contributed by atoms with Gasteiger partial charge in [0.05, 0.1) is 12.2 Å². The smallest absolute Gasteiger partial charge is 0.277 e. The molecule has 2 aliphatic rings. The summed E-state index contributed by atoms with van der Waals surface area (Å²) in [5.74, 6) is 0.131. The molecule has 1 atom stereocenters. The van der Waals surface area contributed by atoms with E-state index in [0.29, 0.717) is 18.2 Å². The van der Waals surface area contributed by atoms with Gasteiger partial charge in [0.1, 0.15) is 11.2 Å². The van der Waals surface area contributed by atoms with Gasteiger partial charge < -0.3 is 5.32 Å². The normalized spacial score (nSPS) is 20.5. The minimum Gasteiger partial charge on any atom is -0.351 e. The maximum Gasteiger partial charge on any atom is 0.277 e. The standard InChI is InChI=1S/C30H36N4O2/c1-20(2)22-14-16-23(17-15-22)25-18-27-28(35)34(26-13-9-8-10-21(26)3)30(4,19-33(27)32-25)29(36)31-24-11-6-5-7-12-24/h8-10,13-18,20,24H,5-7,11-12,19H2,1-4H3,(H,31,36). The van der Waals surface area contributed by atoms with Gasteiger partial charge in [0.15, 0.2) is 0 Å². The molecule has 6 heteroatoms. The van der Waals surface area contributed by atoms with Gasteiger partial charge >= 0.3 is 0 Å². The van der Waals surface area contributed by atoms with Gasteiger partial charge in [-0.1, -0.05) is 75.6 Å². The second kappa shape index (κ2) is 9.57. The average Bonchev–Trinajstić information content (AvgIpc) is 3.30. The maximum absolute atomic E-state index is 14.1. The van der Waals surface area contributed by atoms with Crippen LogP contribution in [0.25, 0.3) is 11.3 Å². The van der Waals surface area contributed by atoms with Crippen LogP contribution in [0.15, 0.2) is 54.6 Å². The Morgan fingerprint density at radius 1 is 1.06 bits per heavy atom. The minimum absolute atomic E-state index is 0.116. The zero-order valence-electron chi connectivity index (χ0n) is 21.8. The van der Waals surface area contributed by atoms with Crippen LogP contribution in [0.5, 0.6) is 0 Å². The van der Waals surface area contributed by atoms with Crippen molar-refractivity contribution in [1.82, 2.24) is 15.1 Å². The topological polar surface area (TPSA) is 67.2 Å². The van der Waals surface area contributed by atoms with E-state index in [4.69, 9.17) is 5.10 Å². The first kappa shape index (κ1) is 24.3. The number of nitrogens with zero attached hydrogens (tertiary/aromatic N) is 3. The lowest BCUT2D eigenvalue weighted by atomic mass is 9.90. The van der Waals surface area contributed by atoms with Crippen LogP contribution >= 0.6 is 0 Å². The summed E-state index contributed by atoms with van der Waals surface area (Å²) < 4.78 is 1.73. The lowest BCUT2D eigenvalue weighted by Gasteiger charge is -2.44. The lowest BCUT2D eigenvalue weighted by Crippen LogP contribution is -2.65. The van der Waals surface area contributed by atoms with E-state index in [1.54, 1.807) is 9.58 Å². The molecular formula is C30H36N4O2. The number of benzene rings is 2. The number of anilines is 1. The molecule has 1 aliphatic heterocycles. The number of para-hydroxylation sites is 1. The predicted molar refractivity (Wildman–Crippen MR) is 143 cm³/mol. The Morgan fingerprint density at radius 2 is 1.75 bits per heavy atom. The monoisotopic (exact) mass is 484 g/mol. The summed E-state index contributed by atoms with van der Waals surface area (Å²) in [5, 5.41) is 8.09. The highest BCUT2D eigenvalue weighted by molar-refractivity contribution is 6.12. The van der Waals surface area contributed by atoms with Crippen molar-refractivity contribution < 1.29 is 9.59 Å². The Morgan fingerprint density at radius 3 is 2.42 bits per heavy atom. The number of carbonyl (C=O) groups excluding carboxylic acids is 2. The van der Waals surface area contributed by atoms with Gasteiger partial charge in [-0.3, -0.25) is 19.2 Å². The third-order valence-electron chi connectivity index (χ3n) is 7.81. The molecule has 1 N–H and O–H groups in total. The molecule has 3 aromatic rings. The first-order chi connectivity index (χ1) is 17.3. The molecule has 1 unspecified atom stereocenters. The van der Waals surface area contributed by atoms with Crippen LogP contribution < -0.4 is 10.2 Å². The Bertz CT molecular complexity index is 1270. The van der Waals surface area contributed by atoms with Crippen molar-refractivity contribution >= 4 is 17.5 Å². The number of nitrogens with one attached hydrogen (secondary N) is 1. The van der Waals surface area contributed by atoms with E-state index in [-0.39, 0.29) is 17.9 Å². The van der Waals surface area contributed by atoms with Gasteiger partial charge in [-0.15, -0.1) is 0 Å². The third kappa shape index (κ3) is 4.34. The number of carbonyl (C=O) groups is 2. The molecule has 1 aromatic heterocycles. The van der Waals surface area contributed by atoms with Crippen molar-refractivity contribution in [2.24, 2.45) is 0 Å². The van der Waals surface area contributed by atoms with Crippen LogP contribution in [0.1, 0.15) is 80.4 Å². The molecule has 0 spiro atoms. The SMILES string of the molecule is Cc1ccccc1N1C(=O)c2cc(-c3ccc(C(C)C)cc3)nn2CC1(C)C(=O)NC1CCCCC1. The predicted octanol–water partition coefficient (Wildman–Crippen LogP) is 5.85. The van der Waals surface area contributed by atoms with Crippen LogP contribution in [0, 0.1) is 6.92 Å².